The average Bonchev–Trinajstić information content (AvgIpc) is 3.34. The molecule has 1 heterocycles. The van der Waals surface area contributed by atoms with Crippen molar-refractivity contribution in [1.82, 2.24) is 5.32 Å². The lowest BCUT2D eigenvalue weighted by atomic mass is 9.88. The Morgan fingerprint density at radius 3 is 2.11 bits per heavy atom. The van der Waals surface area contributed by atoms with Crippen LogP contribution in [0.4, 0.5) is 0 Å². The second kappa shape index (κ2) is 11.6. The molecule has 182 valence electrons. The van der Waals surface area contributed by atoms with Gasteiger partial charge in [0.2, 0.25) is 6.79 Å². The van der Waals surface area contributed by atoms with Crippen LogP contribution in [0.25, 0.3) is 11.1 Å². The molecule has 0 saturated heterocycles. The van der Waals surface area contributed by atoms with E-state index in [-0.39, 0.29) is 12.8 Å². The van der Waals surface area contributed by atoms with Gasteiger partial charge < -0.3 is 24.3 Å². The molecule has 0 spiro atoms. The van der Waals surface area contributed by atoms with Crippen molar-refractivity contribution in [2.75, 3.05) is 26.5 Å². The molecular weight excluding hydrogens is 442 g/mol. The van der Waals surface area contributed by atoms with Gasteiger partial charge >= 0.3 is 5.97 Å². The number of benzene rings is 3. The van der Waals surface area contributed by atoms with Crippen molar-refractivity contribution in [1.29, 1.82) is 0 Å². The summed E-state index contributed by atoms with van der Waals surface area (Å²) in [7, 11) is 0. The van der Waals surface area contributed by atoms with Crippen molar-refractivity contribution in [2.45, 2.75) is 27.2 Å². The van der Waals surface area contributed by atoms with Gasteiger partial charge in [-0.3, -0.25) is 4.79 Å². The Bertz CT molecular complexity index is 1180. The minimum atomic E-state index is -0.340. The molecule has 0 saturated carbocycles. The lowest BCUT2D eigenvalue weighted by Gasteiger charge is -2.17. The maximum Gasteiger partial charge on any atom is 0.308 e. The van der Waals surface area contributed by atoms with E-state index >= 15 is 0 Å². The predicted octanol–water partition coefficient (Wildman–Crippen LogP) is 5.70. The van der Waals surface area contributed by atoms with Crippen molar-refractivity contribution in [3.63, 3.8) is 0 Å². The minimum absolute atomic E-state index is 0.240. The van der Waals surface area contributed by atoms with Gasteiger partial charge in [0.1, 0.15) is 18.1 Å². The van der Waals surface area contributed by atoms with Gasteiger partial charge in [0.05, 0.1) is 0 Å². The molecule has 0 fully saturated rings. The predicted molar refractivity (Wildman–Crippen MR) is 137 cm³/mol. The molecule has 35 heavy (non-hydrogen) atoms. The van der Waals surface area contributed by atoms with E-state index < -0.39 is 0 Å². The third-order valence-corrected chi connectivity index (χ3v) is 5.72. The zero-order chi connectivity index (χ0) is 24.6. The number of esters is 1. The van der Waals surface area contributed by atoms with E-state index in [9.17, 15) is 4.79 Å². The summed E-state index contributed by atoms with van der Waals surface area (Å²) in [6.07, 6.45) is 0.807. The Morgan fingerprint density at radius 2 is 1.49 bits per heavy atom. The van der Waals surface area contributed by atoms with Crippen LogP contribution in [0.1, 0.15) is 43.9 Å². The van der Waals surface area contributed by atoms with Crippen LogP contribution >= 0.6 is 0 Å². The van der Waals surface area contributed by atoms with E-state index in [4.69, 9.17) is 18.9 Å². The van der Waals surface area contributed by atoms with Crippen molar-refractivity contribution in [3.8, 4) is 23.0 Å². The van der Waals surface area contributed by atoms with Crippen LogP contribution in [-0.2, 0) is 4.79 Å². The third-order valence-electron chi connectivity index (χ3n) is 5.72. The summed E-state index contributed by atoms with van der Waals surface area (Å²) in [6, 6.07) is 21.8. The van der Waals surface area contributed by atoms with Gasteiger partial charge in [-0.05, 0) is 77.2 Å². The van der Waals surface area contributed by atoms with Crippen molar-refractivity contribution in [2.24, 2.45) is 0 Å². The number of carbonyl (C=O) groups excluding carboxylic acids is 1. The molecule has 0 bridgehead atoms. The maximum atomic E-state index is 11.4. The van der Waals surface area contributed by atoms with Gasteiger partial charge in [0, 0.05) is 13.5 Å². The first-order chi connectivity index (χ1) is 17.1. The van der Waals surface area contributed by atoms with Gasteiger partial charge in [-0.15, -0.1) is 0 Å². The molecule has 0 aliphatic carbocycles. The highest BCUT2D eigenvalue weighted by atomic mass is 16.7. The lowest BCUT2D eigenvalue weighted by Crippen LogP contribution is -2.20. The van der Waals surface area contributed by atoms with E-state index in [1.165, 1.54) is 12.5 Å². The smallest absolute Gasteiger partial charge is 0.308 e. The highest BCUT2D eigenvalue weighted by Crippen LogP contribution is 2.40. The van der Waals surface area contributed by atoms with Crippen LogP contribution in [0.3, 0.4) is 0 Å². The second-order valence-electron chi connectivity index (χ2n) is 8.12. The number of allylic oxidation sites excluding steroid dienone is 1. The Morgan fingerprint density at radius 1 is 0.857 bits per heavy atom. The molecule has 6 heteroatoms. The van der Waals surface area contributed by atoms with Crippen molar-refractivity contribution >= 4 is 17.1 Å². The topological polar surface area (TPSA) is 66.0 Å². The molecule has 0 amide bonds. The fraction of sp³-hybridized carbons (Fsp3) is 0.276. The number of fused-ring (bicyclic) bond motifs is 1. The first kappa shape index (κ1) is 24.4. The van der Waals surface area contributed by atoms with Gasteiger partial charge in [-0.2, -0.15) is 0 Å². The number of hydrogen-bond acceptors (Lipinski definition) is 6. The number of hydrogen-bond donors (Lipinski definition) is 1. The summed E-state index contributed by atoms with van der Waals surface area (Å²) >= 11 is 0. The van der Waals surface area contributed by atoms with E-state index in [0.29, 0.717) is 12.4 Å². The van der Waals surface area contributed by atoms with Crippen LogP contribution < -0.4 is 24.3 Å². The molecule has 1 aliphatic heterocycles. The third kappa shape index (κ3) is 6.03. The molecule has 6 nitrogen and oxygen atoms in total. The Labute approximate surface area is 206 Å². The zero-order valence-electron chi connectivity index (χ0n) is 20.4. The van der Waals surface area contributed by atoms with E-state index in [1.54, 1.807) is 0 Å². The van der Waals surface area contributed by atoms with Crippen LogP contribution in [0.2, 0.25) is 0 Å². The van der Waals surface area contributed by atoms with Crippen LogP contribution in [0.5, 0.6) is 23.0 Å². The first-order valence-corrected chi connectivity index (χ1v) is 11.9. The number of ether oxygens (including phenoxy) is 4. The molecule has 0 radical (unpaired) electrons. The Kier molecular flexibility index (Phi) is 8.06. The lowest BCUT2D eigenvalue weighted by molar-refractivity contribution is -0.131. The number of nitrogens with one attached hydrogen (secondary N) is 1. The second-order valence-corrected chi connectivity index (χ2v) is 8.12. The van der Waals surface area contributed by atoms with E-state index in [0.717, 1.165) is 59.0 Å². The minimum Gasteiger partial charge on any atom is -0.492 e. The fourth-order valence-corrected chi connectivity index (χ4v) is 4.12. The van der Waals surface area contributed by atoms with E-state index in [2.05, 4.69) is 37.4 Å². The summed E-state index contributed by atoms with van der Waals surface area (Å²) in [5, 5.41) is 3.26. The van der Waals surface area contributed by atoms with Crippen molar-refractivity contribution in [3.05, 3.63) is 83.4 Å². The maximum absolute atomic E-state index is 11.4. The first-order valence-electron chi connectivity index (χ1n) is 11.9. The summed E-state index contributed by atoms with van der Waals surface area (Å²) in [6.45, 7) is 8.21. The highest BCUT2D eigenvalue weighted by molar-refractivity contribution is 5.99. The molecule has 3 aromatic carbocycles. The fourth-order valence-electron chi connectivity index (χ4n) is 4.12. The average molecular weight is 474 g/mol. The Hall–Kier alpha value is -3.77. The highest BCUT2D eigenvalue weighted by Gasteiger charge is 2.18. The molecule has 1 aliphatic rings. The summed E-state index contributed by atoms with van der Waals surface area (Å²) in [5.41, 5.74) is 5.43. The molecule has 1 N–H and O–H groups in total. The summed E-state index contributed by atoms with van der Waals surface area (Å²) in [4.78, 5) is 11.4. The van der Waals surface area contributed by atoms with Crippen LogP contribution in [0, 0.1) is 0 Å². The van der Waals surface area contributed by atoms with Gasteiger partial charge in [-0.25, -0.2) is 0 Å². The van der Waals surface area contributed by atoms with E-state index in [1.807, 2.05) is 48.5 Å². The standard InChI is InChI=1S/C29H31NO5/c1-4-26(23-10-15-27-28(18-23)34-19-33-27)29(22-8-13-25(14-9-22)35-20(3)31)21-6-11-24(12-7-21)32-17-16-30-5-2/h6-15,18,30H,4-5,16-17,19H2,1-3H3. The Balaban J connectivity index is 1.74. The summed E-state index contributed by atoms with van der Waals surface area (Å²) in [5.74, 6) is 2.52. The van der Waals surface area contributed by atoms with Gasteiger partial charge in [-0.1, -0.05) is 44.2 Å². The molecule has 4 rings (SSSR count). The van der Waals surface area contributed by atoms with Gasteiger partial charge in [0.15, 0.2) is 11.5 Å². The zero-order valence-corrected chi connectivity index (χ0v) is 20.4. The van der Waals surface area contributed by atoms with Crippen LogP contribution in [-0.4, -0.2) is 32.5 Å². The summed E-state index contributed by atoms with van der Waals surface area (Å²) < 4.78 is 22.2. The number of likely N-dealkylation sites (N-methyl/N-ethyl adjacent to an activating group) is 1. The molecule has 0 atom stereocenters. The molecule has 0 aromatic heterocycles. The molecule has 3 aromatic rings. The largest absolute Gasteiger partial charge is 0.492 e. The van der Waals surface area contributed by atoms with Gasteiger partial charge in [0.25, 0.3) is 0 Å². The monoisotopic (exact) mass is 473 g/mol. The normalized spacial score (nSPS) is 12.8. The number of rotatable bonds is 10. The van der Waals surface area contributed by atoms with Crippen LogP contribution in [0.15, 0.2) is 66.7 Å². The molecular formula is C29H31NO5. The number of carbonyl (C=O) groups is 1. The van der Waals surface area contributed by atoms with Crippen molar-refractivity contribution < 1.29 is 23.7 Å². The molecule has 0 unspecified atom stereocenters. The quantitative estimate of drug-likeness (QED) is 0.176. The SMILES string of the molecule is CCNCCOc1ccc(C(=C(CC)c2ccc3c(c2)OCO3)c2ccc(OC(C)=O)cc2)cc1.